The van der Waals surface area contributed by atoms with E-state index in [1.807, 2.05) is 54.6 Å². The van der Waals surface area contributed by atoms with Gasteiger partial charge in [0, 0.05) is 29.9 Å². The topological polar surface area (TPSA) is 63.2 Å². The Kier molecular flexibility index (Phi) is 6.92. The molecule has 4 rings (SSSR count). The minimum absolute atomic E-state index is 0.0897. The van der Waals surface area contributed by atoms with Crippen LogP contribution in [0.4, 0.5) is 5.69 Å². The summed E-state index contributed by atoms with van der Waals surface area (Å²) in [5.74, 6) is 0.964. The number of hydrogen-bond acceptors (Lipinski definition) is 5. The van der Waals surface area contributed by atoms with Crippen LogP contribution < -0.4 is 19.8 Å². The number of ether oxygens (including phenoxy) is 2. The van der Waals surface area contributed by atoms with Crippen molar-refractivity contribution in [1.29, 1.82) is 0 Å². The highest BCUT2D eigenvalue weighted by Gasteiger charge is 2.29. The number of hydrogen-bond donors (Lipinski definition) is 1. The van der Waals surface area contributed by atoms with Gasteiger partial charge in [-0.3, -0.25) is 4.79 Å². The molecule has 3 aromatic rings. The summed E-state index contributed by atoms with van der Waals surface area (Å²) in [4.78, 5) is 14.5. The second-order valence-corrected chi connectivity index (χ2v) is 9.12. The zero-order valence-corrected chi connectivity index (χ0v) is 20.8. The van der Waals surface area contributed by atoms with Gasteiger partial charge in [-0.15, -0.1) is 0 Å². The largest absolute Gasteiger partial charge is 0.496 e. The van der Waals surface area contributed by atoms with Crippen molar-refractivity contribution in [2.45, 2.75) is 26.3 Å². The number of methoxy groups -OCH3 is 1. The van der Waals surface area contributed by atoms with Crippen LogP contribution >= 0.6 is 0 Å². The van der Waals surface area contributed by atoms with E-state index < -0.39 is 0 Å². The second-order valence-electron chi connectivity index (χ2n) is 9.12. The van der Waals surface area contributed by atoms with Crippen molar-refractivity contribution in [3.05, 3.63) is 83.9 Å². The van der Waals surface area contributed by atoms with E-state index in [2.05, 4.69) is 61.5 Å². The van der Waals surface area contributed by atoms with Gasteiger partial charge in [0.25, 0.3) is 5.91 Å². The number of carbonyl (C=O) groups is 1. The van der Waals surface area contributed by atoms with Gasteiger partial charge in [-0.2, -0.15) is 5.10 Å². The standard InChI is InChI=1S/C29H31N3O3/c1-20-17-29(2,3)32(4)26-16-27(34-5)23(15-25(20)26)18-30-31-28(33)19-35-24-13-11-22(12-14-24)21-9-7-6-8-10-21/h6-18H,19H2,1-5H3,(H,31,33)/b30-18+. The zero-order chi connectivity index (χ0) is 25.0. The average molecular weight is 470 g/mol. The Hall–Kier alpha value is -4.06. The van der Waals surface area contributed by atoms with Crippen LogP contribution in [0.3, 0.4) is 0 Å². The number of fused-ring (bicyclic) bond motifs is 1. The molecule has 0 unspecified atom stereocenters. The summed E-state index contributed by atoms with van der Waals surface area (Å²) in [6.45, 7) is 6.32. The molecule has 0 fully saturated rings. The number of carbonyl (C=O) groups excluding carboxylic acids is 1. The molecule has 0 atom stereocenters. The second kappa shape index (κ2) is 10.1. The van der Waals surface area contributed by atoms with E-state index >= 15 is 0 Å². The number of nitrogens with zero attached hydrogens (tertiary/aromatic N) is 2. The first-order valence-corrected chi connectivity index (χ1v) is 11.5. The summed E-state index contributed by atoms with van der Waals surface area (Å²) in [5.41, 5.74) is 8.84. The van der Waals surface area contributed by atoms with Crippen molar-refractivity contribution in [3.63, 3.8) is 0 Å². The van der Waals surface area contributed by atoms with E-state index in [0.29, 0.717) is 11.5 Å². The quantitative estimate of drug-likeness (QED) is 0.365. The third kappa shape index (κ3) is 5.38. The van der Waals surface area contributed by atoms with Gasteiger partial charge in [0.05, 0.1) is 18.9 Å². The highest BCUT2D eigenvalue weighted by atomic mass is 16.5. The number of amides is 1. The van der Waals surface area contributed by atoms with Crippen LogP contribution in [0.1, 0.15) is 31.9 Å². The lowest BCUT2D eigenvalue weighted by atomic mass is 9.88. The molecule has 3 aromatic carbocycles. The van der Waals surface area contributed by atoms with Crippen LogP contribution in [0.5, 0.6) is 11.5 Å². The Balaban J connectivity index is 1.38. The zero-order valence-electron chi connectivity index (χ0n) is 20.8. The van der Waals surface area contributed by atoms with Crippen LogP contribution in [0.2, 0.25) is 0 Å². The van der Waals surface area contributed by atoms with Crippen LogP contribution in [0, 0.1) is 0 Å². The molecule has 0 aliphatic carbocycles. The molecule has 1 N–H and O–H groups in total. The van der Waals surface area contributed by atoms with Crippen LogP contribution in [0.15, 0.2) is 77.9 Å². The van der Waals surface area contributed by atoms with Gasteiger partial charge in [0.15, 0.2) is 6.61 Å². The molecule has 0 saturated carbocycles. The summed E-state index contributed by atoms with van der Waals surface area (Å²) in [6.07, 6.45) is 3.84. The summed E-state index contributed by atoms with van der Waals surface area (Å²) < 4.78 is 11.2. The number of rotatable bonds is 7. The van der Waals surface area contributed by atoms with E-state index in [-0.39, 0.29) is 18.1 Å². The summed E-state index contributed by atoms with van der Waals surface area (Å²) >= 11 is 0. The number of nitrogens with one attached hydrogen (secondary N) is 1. The molecule has 0 radical (unpaired) electrons. The molecule has 0 spiro atoms. The summed E-state index contributed by atoms with van der Waals surface area (Å²) in [7, 11) is 3.70. The maximum absolute atomic E-state index is 12.3. The number of likely N-dealkylation sites (N-methyl/N-ethyl adjacent to an activating group) is 1. The maximum Gasteiger partial charge on any atom is 0.277 e. The molecule has 1 aliphatic rings. The minimum Gasteiger partial charge on any atom is -0.496 e. The molecule has 0 aromatic heterocycles. The number of benzene rings is 3. The van der Waals surface area contributed by atoms with Crippen LogP contribution in [-0.2, 0) is 4.79 Å². The minimum atomic E-state index is -0.345. The van der Waals surface area contributed by atoms with Crippen molar-refractivity contribution in [2.75, 3.05) is 25.7 Å². The number of anilines is 1. The van der Waals surface area contributed by atoms with Gasteiger partial charge in [-0.1, -0.05) is 48.5 Å². The van der Waals surface area contributed by atoms with Crippen molar-refractivity contribution in [2.24, 2.45) is 5.10 Å². The van der Waals surface area contributed by atoms with Crippen LogP contribution in [-0.4, -0.2) is 38.4 Å². The van der Waals surface area contributed by atoms with Gasteiger partial charge in [-0.25, -0.2) is 5.43 Å². The molecule has 1 amide bonds. The van der Waals surface area contributed by atoms with Crippen molar-refractivity contribution in [3.8, 4) is 22.6 Å². The van der Waals surface area contributed by atoms with Crippen molar-refractivity contribution in [1.82, 2.24) is 5.43 Å². The monoisotopic (exact) mass is 469 g/mol. The molecule has 6 heteroatoms. The first kappa shape index (κ1) is 24.1. The lowest BCUT2D eigenvalue weighted by Gasteiger charge is -2.40. The molecular weight excluding hydrogens is 438 g/mol. The highest BCUT2D eigenvalue weighted by Crippen LogP contribution is 2.40. The molecule has 0 saturated heterocycles. The molecule has 35 heavy (non-hydrogen) atoms. The first-order chi connectivity index (χ1) is 16.8. The smallest absolute Gasteiger partial charge is 0.277 e. The third-order valence-corrected chi connectivity index (χ3v) is 6.29. The van der Waals surface area contributed by atoms with E-state index in [0.717, 1.165) is 27.9 Å². The fraction of sp³-hybridized carbons (Fsp3) is 0.241. The van der Waals surface area contributed by atoms with E-state index in [1.54, 1.807) is 13.3 Å². The molecule has 6 nitrogen and oxygen atoms in total. The van der Waals surface area contributed by atoms with E-state index in [1.165, 1.54) is 5.57 Å². The average Bonchev–Trinajstić information content (AvgIpc) is 2.86. The van der Waals surface area contributed by atoms with Gasteiger partial charge >= 0.3 is 0 Å². The normalized spacial score (nSPS) is 14.3. The fourth-order valence-corrected chi connectivity index (χ4v) is 4.20. The Bertz CT molecular complexity index is 1260. The van der Waals surface area contributed by atoms with Gasteiger partial charge in [0.2, 0.25) is 0 Å². The molecular formula is C29H31N3O3. The fourth-order valence-electron chi connectivity index (χ4n) is 4.20. The summed E-state index contributed by atoms with van der Waals surface area (Å²) in [5, 5.41) is 4.12. The lowest BCUT2D eigenvalue weighted by molar-refractivity contribution is -0.123. The summed E-state index contributed by atoms with van der Waals surface area (Å²) in [6, 6.07) is 21.8. The van der Waals surface area contributed by atoms with Crippen LogP contribution in [0.25, 0.3) is 16.7 Å². The number of hydrazone groups is 1. The number of allylic oxidation sites excluding steroid dienone is 1. The van der Waals surface area contributed by atoms with Gasteiger partial charge < -0.3 is 14.4 Å². The molecule has 1 aliphatic heterocycles. The highest BCUT2D eigenvalue weighted by molar-refractivity contribution is 5.91. The van der Waals surface area contributed by atoms with Gasteiger partial charge in [-0.05, 0) is 55.7 Å². The molecule has 0 bridgehead atoms. The van der Waals surface area contributed by atoms with Gasteiger partial charge in [0.1, 0.15) is 11.5 Å². The third-order valence-electron chi connectivity index (χ3n) is 6.29. The predicted molar refractivity (Wildman–Crippen MR) is 142 cm³/mol. The Morgan fingerprint density at radius 1 is 1.06 bits per heavy atom. The Morgan fingerprint density at radius 2 is 1.74 bits per heavy atom. The molecule has 1 heterocycles. The van der Waals surface area contributed by atoms with Crippen molar-refractivity contribution < 1.29 is 14.3 Å². The molecule has 180 valence electrons. The maximum atomic E-state index is 12.3. The van der Waals surface area contributed by atoms with E-state index in [4.69, 9.17) is 9.47 Å². The van der Waals surface area contributed by atoms with Crippen molar-refractivity contribution >= 4 is 23.4 Å². The first-order valence-electron chi connectivity index (χ1n) is 11.5. The Labute approximate surface area is 206 Å². The predicted octanol–water partition coefficient (Wildman–Crippen LogP) is 5.52. The Morgan fingerprint density at radius 3 is 2.43 bits per heavy atom. The SMILES string of the molecule is COc1cc2c(cc1/C=N/NC(=O)COc1ccc(-c3ccccc3)cc1)C(C)=CC(C)(C)N2C. The van der Waals surface area contributed by atoms with E-state index in [9.17, 15) is 4.79 Å². The lowest BCUT2D eigenvalue weighted by Crippen LogP contribution is -2.42.